The van der Waals surface area contributed by atoms with Crippen molar-refractivity contribution in [1.82, 2.24) is 5.32 Å². The van der Waals surface area contributed by atoms with Crippen LogP contribution in [0.15, 0.2) is 12.1 Å². The van der Waals surface area contributed by atoms with E-state index in [1.54, 1.807) is 6.07 Å². The molecule has 2 aliphatic rings. The van der Waals surface area contributed by atoms with Crippen molar-refractivity contribution in [2.75, 3.05) is 24.5 Å². The summed E-state index contributed by atoms with van der Waals surface area (Å²) in [5, 5.41) is 3.35. The normalized spacial score (nSPS) is 19.4. The van der Waals surface area contributed by atoms with E-state index < -0.39 is 0 Å². The van der Waals surface area contributed by atoms with Crippen LogP contribution in [0, 0.1) is 5.82 Å². The Morgan fingerprint density at radius 2 is 2.21 bits per heavy atom. The fourth-order valence-corrected chi connectivity index (χ4v) is 2.45. The first-order valence-electron chi connectivity index (χ1n) is 5.12. The molecule has 0 fully saturated rings. The van der Waals surface area contributed by atoms with Gasteiger partial charge in [-0.05, 0) is 18.1 Å². The van der Waals surface area contributed by atoms with E-state index in [2.05, 4.69) is 10.2 Å². The van der Waals surface area contributed by atoms with Crippen LogP contribution in [-0.4, -0.2) is 19.6 Å². The van der Waals surface area contributed by atoms with Gasteiger partial charge >= 0.3 is 0 Å². The van der Waals surface area contributed by atoms with E-state index in [1.807, 2.05) is 6.07 Å². The first-order chi connectivity index (χ1) is 6.86. The third kappa shape index (κ3) is 1.05. The summed E-state index contributed by atoms with van der Waals surface area (Å²) < 4.78 is 13.5. The van der Waals surface area contributed by atoms with E-state index in [4.69, 9.17) is 0 Å². The first kappa shape index (κ1) is 8.24. The maximum absolute atomic E-state index is 13.5. The highest BCUT2D eigenvalue weighted by atomic mass is 19.1. The third-order valence-electron chi connectivity index (χ3n) is 3.13. The predicted octanol–water partition coefficient (Wildman–Crippen LogP) is 1.29. The van der Waals surface area contributed by atoms with Crippen LogP contribution in [-0.2, 0) is 13.0 Å². The van der Waals surface area contributed by atoms with Crippen molar-refractivity contribution in [2.24, 2.45) is 0 Å². The number of hydrogen-bond acceptors (Lipinski definition) is 2. The van der Waals surface area contributed by atoms with Crippen molar-refractivity contribution >= 4 is 5.69 Å². The number of hydrogen-bond donors (Lipinski definition) is 1. The quantitative estimate of drug-likeness (QED) is 0.666. The van der Waals surface area contributed by atoms with Crippen LogP contribution in [0.4, 0.5) is 10.1 Å². The summed E-state index contributed by atoms with van der Waals surface area (Å²) in [6.07, 6.45) is 0.870. The van der Waals surface area contributed by atoms with E-state index >= 15 is 0 Å². The Hall–Kier alpha value is -1.09. The van der Waals surface area contributed by atoms with Gasteiger partial charge in [0.2, 0.25) is 0 Å². The van der Waals surface area contributed by atoms with Gasteiger partial charge in [-0.3, -0.25) is 0 Å². The molecule has 0 radical (unpaired) electrons. The highest BCUT2D eigenvalue weighted by Gasteiger charge is 2.26. The van der Waals surface area contributed by atoms with Gasteiger partial charge in [-0.25, -0.2) is 4.39 Å². The van der Waals surface area contributed by atoms with Crippen molar-refractivity contribution in [3.8, 4) is 0 Å². The van der Waals surface area contributed by atoms with Crippen molar-refractivity contribution in [1.29, 1.82) is 0 Å². The van der Waals surface area contributed by atoms with Crippen molar-refractivity contribution < 1.29 is 4.39 Å². The van der Waals surface area contributed by atoms with Gasteiger partial charge in [0.25, 0.3) is 0 Å². The molecule has 2 heterocycles. The molecule has 0 spiro atoms. The number of halogens is 1. The van der Waals surface area contributed by atoms with E-state index in [0.29, 0.717) is 0 Å². The van der Waals surface area contributed by atoms with E-state index in [1.165, 1.54) is 5.56 Å². The van der Waals surface area contributed by atoms with Crippen LogP contribution in [0.3, 0.4) is 0 Å². The van der Waals surface area contributed by atoms with Crippen LogP contribution >= 0.6 is 0 Å². The third-order valence-corrected chi connectivity index (χ3v) is 3.13. The summed E-state index contributed by atoms with van der Waals surface area (Å²) in [6, 6.07) is 3.51. The Balaban J connectivity index is 2.20. The lowest BCUT2D eigenvalue weighted by molar-refractivity contribution is 0.613. The molecule has 0 unspecified atom stereocenters. The zero-order valence-electron chi connectivity index (χ0n) is 8.02. The molecular formula is C11H13FN2. The lowest BCUT2D eigenvalue weighted by atomic mass is 10.1. The lowest BCUT2D eigenvalue weighted by Crippen LogP contribution is -2.27. The Labute approximate surface area is 82.7 Å². The monoisotopic (exact) mass is 192 g/mol. The first-order valence-corrected chi connectivity index (χ1v) is 5.12. The minimum absolute atomic E-state index is 0.0341. The van der Waals surface area contributed by atoms with Gasteiger partial charge in [0.15, 0.2) is 0 Å². The second-order valence-electron chi connectivity index (χ2n) is 3.95. The molecular weight excluding hydrogens is 179 g/mol. The van der Waals surface area contributed by atoms with Crippen LogP contribution in [0.5, 0.6) is 0 Å². The average molecular weight is 192 g/mol. The number of rotatable bonds is 0. The molecule has 74 valence electrons. The summed E-state index contributed by atoms with van der Waals surface area (Å²) in [5.74, 6) is -0.0341. The Bertz CT molecular complexity index is 376. The number of nitrogens with one attached hydrogen (secondary N) is 1. The fraction of sp³-hybridized carbons (Fsp3) is 0.455. The van der Waals surface area contributed by atoms with E-state index in [0.717, 1.165) is 43.9 Å². The largest absolute Gasteiger partial charge is 0.369 e. The predicted molar refractivity (Wildman–Crippen MR) is 54.0 cm³/mol. The fourth-order valence-electron chi connectivity index (χ4n) is 2.45. The molecule has 1 aromatic rings. The van der Waals surface area contributed by atoms with Gasteiger partial charge in [-0.15, -0.1) is 0 Å². The molecule has 0 saturated heterocycles. The number of anilines is 1. The van der Waals surface area contributed by atoms with E-state index in [-0.39, 0.29) is 5.82 Å². The van der Waals surface area contributed by atoms with Crippen molar-refractivity contribution in [2.45, 2.75) is 13.0 Å². The Morgan fingerprint density at radius 3 is 3.14 bits per heavy atom. The zero-order chi connectivity index (χ0) is 9.54. The summed E-state index contributed by atoms with van der Waals surface area (Å²) >= 11 is 0. The highest BCUT2D eigenvalue weighted by molar-refractivity contribution is 5.64. The summed E-state index contributed by atoms with van der Waals surface area (Å²) in [7, 11) is 0. The molecule has 0 atom stereocenters. The maximum Gasteiger partial charge on any atom is 0.128 e. The smallest absolute Gasteiger partial charge is 0.128 e. The Kier molecular flexibility index (Phi) is 1.74. The number of benzene rings is 1. The van der Waals surface area contributed by atoms with E-state index in [9.17, 15) is 4.39 Å². The number of nitrogens with zero attached hydrogens (tertiary/aromatic N) is 1. The zero-order valence-corrected chi connectivity index (χ0v) is 8.02. The Morgan fingerprint density at radius 1 is 1.29 bits per heavy atom. The molecule has 3 rings (SSSR count). The molecule has 3 heteroatoms. The van der Waals surface area contributed by atoms with Gasteiger partial charge in [0, 0.05) is 37.4 Å². The van der Waals surface area contributed by atoms with Crippen molar-refractivity contribution in [3.05, 3.63) is 29.1 Å². The van der Waals surface area contributed by atoms with Crippen molar-refractivity contribution in [3.63, 3.8) is 0 Å². The molecule has 1 aromatic carbocycles. The highest BCUT2D eigenvalue weighted by Crippen LogP contribution is 2.34. The maximum atomic E-state index is 13.5. The molecule has 14 heavy (non-hydrogen) atoms. The molecule has 0 bridgehead atoms. The second-order valence-corrected chi connectivity index (χ2v) is 3.95. The van der Waals surface area contributed by atoms with Gasteiger partial charge in [0.1, 0.15) is 5.82 Å². The van der Waals surface area contributed by atoms with Crippen LogP contribution in [0.25, 0.3) is 0 Å². The lowest BCUT2D eigenvalue weighted by Gasteiger charge is -2.18. The standard InChI is InChI=1S/C11H13FN2/c12-10-2-1-8-7-13-4-6-14-5-3-9(10)11(8)14/h1-2,13H,3-7H2. The van der Waals surface area contributed by atoms with Crippen LogP contribution in [0.2, 0.25) is 0 Å². The van der Waals surface area contributed by atoms with Gasteiger partial charge in [0.05, 0.1) is 0 Å². The minimum atomic E-state index is -0.0341. The molecule has 2 nitrogen and oxygen atoms in total. The summed E-state index contributed by atoms with van der Waals surface area (Å²) in [4.78, 5) is 2.30. The topological polar surface area (TPSA) is 15.3 Å². The summed E-state index contributed by atoms with van der Waals surface area (Å²) in [5.41, 5.74) is 3.33. The molecule has 0 amide bonds. The van der Waals surface area contributed by atoms with Gasteiger partial charge in [-0.2, -0.15) is 0 Å². The van der Waals surface area contributed by atoms with Crippen LogP contribution < -0.4 is 10.2 Å². The average Bonchev–Trinajstić information content (AvgIpc) is 2.51. The molecule has 2 aliphatic heterocycles. The molecule has 1 N–H and O–H groups in total. The van der Waals surface area contributed by atoms with Gasteiger partial charge < -0.3 is 10.2 Å². The molecule has 0 aromatic heterocycles. The SMILES string of the molecule is Fc1ccc2c3c1CCN3CCNC2. The summed E-state index contributed by atoms with van der Waals surface area (Å²) in [6.45, 7) is 3.85. The second kappa shape index (κ2) is 2.95. The minimum Gasteiger partial charge on any atom is -0.369 e. The van der Waals surface area contributed by atoms with Gasteiger partial charge in [-0.1, -0.05) is 6.07 Å². The molecule has 0 aliphatic carbocycles. The molecule has 0 saturated carbocycles. The van der Waals surface area contributed by atoms with Crippen LogP contribution in [0.1, 0.15) is 11.1 Å².